The Morgan fingerprint density at radius 2 is 1.87 bits per heavy atom. The Kier molecular flexibility index (Phi) is 7.51. The van der Waals surface area contributed by atoms with Crippen LogP contribution in [0.25, 0.3) is 0 Å². The van der Waals surface area contributed by atoms with Crippen LogP contribution < -0.4 is 10.1 Å². The molecule has 23 heavy (non-hydrogen) atoms. The summed E-state index contributed by atoms with van der Waals surface area (Å²) in [5.41, 5.74) is 0.607. The van der Waals surface area contributed by atoms with E-state index >= 15 is 0 Å². The molecule has 0 aliphatic carbocycles. The fraction of sp³-hybridized carbons (Fsp3) is 0.562. The molecule has 0 atom stereocenters. The van der Waals surface area contributed by atoms with E-state index in [0.29, 0.717) is 31.2 Å². The molecular weight excluding hydrogens is 316 g/mol. The van der Waals surface area contributed by atoms with Crippen LogP contribution in [0, 0.1) is 5.92 Å². The number of carbonyl (C=O) groups excluding carboxylic acids is 1. The van der Waals surface area contributed by atoms with Crippen LogP contribution >= 0.6 is 0 Å². The fourth-order valence-corrected chi connectivity index (χ4v) is 2.71. The number of hydrogen-bond donors (Lipinski definition) is 1. The van der Waals surface area contributed by atoms with Crippen LogP contribution in [0.15, 0.2) is 24.3 Å². The first kappa shape index (κ1) is 19.4. The summed E-state index contributed by atoms with van der Waals surface area (Å²) in [6.45, 7) is 6.66. The molecule has 6 nitrogen and oxygen atoms in total. The maximum absolute atomic E-state index is 12.1. The third-order valence-corrected chi connectivity index (χ3v) is 4.44. The predicted octanol–water partition coefficient (Wildman–Crippen LogP) is 2.33. The van der Waals surface area contributed by atoms with Crippen LogP contribution in [0.4, 0.5) is 5.69 Å². The predicted molar refractivity (Wildman–Crippen MR) is 92.1 cm³/mol. The van der Waals surface area contributed by atoms with Crippen LogP contribution in [0.3, 0.4) is 0 Å². The standard InChI is InChI=1S/C16H26N2O4S/c1-5-22-15-8-6-14(7-9-15)17-16(19)12-18(23(4,20)21)11-10-13(2)3/h6-9,13H,5,10-12H2,1-4H3,(H,17,19). The highest BCUT2D eigenvalue weighted by Crippen LogP contribution is 2.15. The molecule has 7 heteroatoms. The van der Waals surface area contributed by atoms with Crippen LogP contribution in [-0.2, 0) is 14.8 Å². The highest BCUT2D eigenvalue weighted by Gasteiger charge is 2.20. The number of ether oxygens (including phenoxy) is 1. The normalized spacial score (nSPS) is 11.7. The van der Waals surface area contributed by atoms with Gasteiger partial charge in [-0.3, -0.25) is 4.79 Å². The van der Waals surface area contributed by atoms with E-state index in [1.54, 1.807) is 24.3 Å². The van der Waals surface area contributed by atoms with Gasteiger partial charge in [0.2, 0.25) is 15.9 Å². The maximum Gasteiger partial charge on any atom is 0.239 e. The zero-order chi connectivity index (χ0) is 17.5. The zero-order valence-corrected chi connectivity index (χ0v) is 15.0. The van der Waals surface area contributed by atoms with E-state index in [1.807, 2.05) is 20.8 Å². The van der Waals surface area contributed by atoms with Gasteiger partial charge in [-0.2, -0.15) is 4.31 Å². The Hall–Kier alpha value is -1.60. The van der Waals surface area contributed by atoms with Crippen molar-refractivity contribution in [1.29, 1.82) is 0 Å². The highest BCUT2D eigenvalue weighted by atomic mass is 32.2. The molecule has 1 aromatic carbocycles. The van der Waals surface area contributed by atoms with E-state index in [2.05, 4.69) is 5.32 Å². The van der Waals surface area contributed by atoms with Crippen LogP contribution in [0.1, 0.15) is 27.2 Å². The Bertz CT molecular complexity index is 597. The summed E-state index contributed by atoms with van der Waals surface area (Å²) in [6, 6.07) is 6.96. The molecule has 0 aliphatic heterocycles. The highest BCUT2D eigenvalue weighted by molar-refractivity contribution is 7.88. The monoisotopic (exact) mass is 342 g/mol. The van der Waals surface area contributed by atoms with Gasteiger partial charge in [-0.05, 0) is 43.5 Å². The smallest absolute Gasteiger partial charge is 0.239 e. The van der Waals surface area contributed by atoms with E-state index < -0.39 is 10.0 Å². The molecule has 0 saturated heterocycles. The number of sulfonamides is 1. The van der Waals surface area contributed by atoms with E-state index in [0.717, 1.165) is 12.0 Å². The maximum atomic E-state index is 12.1. The minimum atomic E-state index is -3.41. The van der Waals surface area contributed by atoms with Gasteiger partial charge in [0.15, 0.2) is 0 Å². The number of nitrogens with one attached hydrogen (secondary N) is 1. The van der Waals surface area contributed by atoms with E-state index in [9.17, 15) is 13.2 Å². The van der Waals surface area contributed by atoms with Crippen LogP contribution in [0.5, 0.6) is 5.75 Å². The summed E-state index contributed by atoms with van der Waals surface area (Å²) in [7, 11) is -3.41. The van der Waals surface area contributed by atoms with Crippen LogP contribution in [-0.4, -0.2) is 44.6 Å². The van der Waals surface area contributed by atoms with Crippen molar-refractivity contribution < 1.29 is 17.9 Å². The van der Waals surface area contributed by atoms with Gasteiger partial charge in [0, 0.05) is 12.2 Å². The first-order chi connectivity index (χ1) is 10.7. The number of hydrogen-bond acceptors (Lipinski definition) is 4. The number of benzene rings is 1. The first-order valence-electron chi connectivity index (χ1n) is 7.70. The molecule has 0 radical (unpaired) electrons. The van der Waals surface area contributed by atoms with Crippen molar-refractivity contribution in [2.24, 2.45) is 5.92 Å². The summed E-state index contributed by atoms with van der Waals surface area (Å²) in [4.78, 5) is 12.1. The molecule has 1 amide bonds. The molecule has 0 heterocycles. The van der Waals surface area contributed by atoms with Gasteiger partial charge in [0.25, 0.3) is 0 Å². The molecule has 0 aromatic heterocycles. The lowest BCUT2D eigenvalue weighted by Gasteiger charge is -2.20. The largest absolute Gasteiger partial charge is 0.494 e. The zero-order valence-electron chi connectivity index (χ0n) is 14.2. The number of nitrogens with zero attached hydrogens (tertiary/aromatic N) is 1. The van der Waals surface area contributed by atoms with Gasteiger partial charge >= 0.3 is 0 Å². The van der Waals surface area contributed by atoms with E-state index in [1.165, 1.54) is 4.31 Å². The van der Waals surface area contributed by atoms with E-state index in [-0.39, 0.29) is 12.5 Å². The fourth-order valence-electron chi connectivity index (χ4n) is 1.93. The third-order valence-electron chi connectivity index (χ3n) is 3.19. The molecule has 130 valence electrons. The lowest BCUT2D eigenvalue weighted by molar-refractivity contribution is -0.116. The van der Waals surface area contributed by atoms with Crippen LogP contribution in [0.2, 0.25) is 0 Å². The quantitative estimate of drug-likeness (QED) is 0.747. The molecule has 1 aromatic rings. The van der Waals surface area contributed by atoms with Gasteiger partial charge < -0.3 is 10.1 Å². The molecule has 0 bridgehead atoms. The molecule has 0 saturated carbocycles. The van der Waals surface area contributed by atoms with Crippen molar-refractivity contribution in [2.75, 3.05) is 31.3 Å². The average molecular weight is 342 g/mol. The molecule has 0 unspecified atom stereocenters. The first-order valence-corrected chi connectivity index (χ1v) is 9.55. The summed E-state index contributed by atoms with van der Waals surface area (Å²) < 4.78 is 30.1. The lowest BCUT2D eigenvalue weighted by Crippen LogP contribution is -2.38. The molecular formula is C16H26N2O4S. The van der Waals surface area contributed by atoms with Gasteiger partial charge in [0.05, 0.1) is 19.4 Å². The van der Waals surface area contributed by atoms with Crippen molar-refractivity contribution >= 4 is 21.6 Å². The Labute approximate surface area is 138 Å². The van der Waals surface area contributed by atoms with Crippen molar-refractivity contribution in [3.8, 4) is 5.75 Å². The molecule has 0 aliphatic rings. The topological polar surface area (TPSA) is 75.7 Å². The Balaban J connectivity index is 2.64. The summed E-state index contributed by atoms with van der Waals surface area (Å²) >= 11 is 0. The third kappa shape index (κ3) is 7.47. The number of carbonyl (C=O) groups is 1. The Morgan fingerprint density at radius 3 is 2.35 bits per heavy atom. The van der Waals surface area contributed by atoms with Crippen molar-refractivity contribution in [3.63, 3.8) is 0 Å². The van der Waals surface area contributed by atoms with Gasteiger partial charge in [-0.25, -0.2) is 8.42 Å². The van der Waals surface area contributed by atoms with E-state index in [4.69, 9.17) is 4.74 Å². The average Bonchev–Trinajstić information content (AvgIpc) is 2.44. The van der Waals surface area contributed by atoms with Crippen molar-refractivity contribution in [3.05, 3.63) is 24.3 Å². The van der Waals surface area contributed by atoms with Gasteiger partial charge in [0.1, 0.15) is 5.75 Å². The molecule has 1 rings (SSSR count). The second-order valence-corrected chi connectivity index (χ2v) is 7.77. The summed E-state index contributed by atoms with van der Waals surface area (Å²) in [5, 5.41) is 2.70. The second-order valence-electron chi connectivity index (χ2n) is 5.78. The lowest BCUT2D eigenvalue weighted by atomic mass is 10.1. The molecule has 0 spiro atoms. The second kappa shape index (κ2) is 8.88. The number of rotatable bonds is 9. The van der Waals surface area contributed by atoms with Gasteiger partial charge in [-0.15, -0.1) is 0 Å². The minimum Gasteiger partial charge on any atom is -0.494 e. The molecule has 0 fully saturated rings. The number of anilines is 1. The number of amides is 1. The SMILES string of the molecule is CCOc1ccc(NC(=O)CN(CCC(C)C)S(C)(=O)=O)cc1. The Morgan fingerprint density at radius 1 is 1.26 bits per heavy atom. The summed E-state index contributed by atoms with van der Waals surface area (Å²) in [5.74, 6) is 0.733. The van der Waals surface area contributed by atoms with Crippen molar-refractivity contribution in [2.45, 2.75) is 27.2 Å². The van der Waals surface area contributed by atoms with Crippen molar-refractivity contribution in [1.82, 2.24) is 4.31 Å². The minimum absolute atomic E-state index is 0.182. The summed E-state index contributed by atoms with van der Waals surface area (Å²) in [6.07, 6.45) is 1.83. The molecule has 1 N–H and O–H groups in total. The van der Waals surface area contributed by atoms with Gasteiger partial charge in [-0.1, -0.05) is 13.8 Å².